The van der Waals surface area contributed by atoms with Gasteiger partial charge in [-0.25, -0.2) is 0 Å². The molecule has 1 unspecified atom stereocenters. The zero-order chi connectivity index (χ0) is 19.3. The van der Waals surface area contributed by atoms with Crippen LogP contribution in [0.25, 0.3) is 0 Å². The molecule has 0 N–H and O–H groups in total. The van der Waals surface area contributed by atoms with Crippen molar-refractivity contribution in [2.75, 3.05) is 0 Å². The van der Waals surface area contributed by atoms with E-state index in [1.165, 1.54) is 51.4 Å². The lowest BCUT2D eigenvalue weighted by molar-refractivity contribution is -0.116. The summed E-state index contributed by atoms with van der Waals surface area (Å²) in [5, 5.41) is 0. The molecule has 2 saturated carbocycles. The van der Waals surface area contributed by atoms with Gasteiger partial charge in [0.25, 0.3) is 0 Å². The fourth-order valence-corrected chi connectivity index (χ4v) is 3.81. The Balaban J connectivity index is 0.000000211. The van der Waals surface area contributed by atoms with Gasteiger partial charge in [-0.2, -0.15) is 0 Å². The van der Waals surface area contributed by atoms with Gasteiger partial charge in [0, 0.05) is 18.3 Å². The van der Waals surface area contributed by atoms with Crippen molar-refractivity contribution in [3.05, 3.63) is 24.8 Å². The number of carbonyl (C=O) groups excluding carboxylic acids is 3. The molecule has 1 spiro atoms. The Morgan fingerprint density at radius 2 is 1.65 bits per heavy atom. The van der Waals surface area contributed by atoms with Gasteiger partial charge in [-0.15, -0.1) is 6.58 Å². The first-order valence-corrected chi connectivity index (χ1v) is 10.3. The van der Waals surface area contributed by atoms with Gasteiger partial charge in [0.2, 0.25) is 0 Å². The molecule has 0 bridgehead atoms. The number of hydrogen-bond acceptors (Lipinski definition) is 3. The van der Waals surface area contributed by atoms with Crippen LogP contribution in [0.15, 0.2) is 24.8 Å². The Morgan fingerprint density at radius 3 is 2.04 bits per heavy atom. The maximum absolute atomic E-state index is 11.0. The van der Waals surface area contributed by atoms with Gasteiger partial charge >= 0.3 is 0 Å². The van der Waals surface area contributed by atoms with E-state index in [1.807, 2.05) is 6.08 Å². The molecule has 3 rings (SSSR count). The van der Waals surface area contributed by atoms with E-state index in [0.717, 1.165) is 38.3 Å². The van der Waals surface area contributed by atoms with Crippen molar-refractivity contribution in [3.8, 4) is 0 Å². The zero-order valence-corrected chi connectivity index (χ0v) is 16.5. The van der Waals surface area contributed by atoms with Crippen molar-refractivity contribution in [2.45, 2.75) is 84.0 Å². The van der Waals surface area contributed by atoms with E-state index < -0.39 is 0 Å². The van der Waals surface area contributed by atoms with Crippen molar-refractivity contribution in [1.29, 1.82) is 0 Å². The average molecular weight is 361 g/mol. The highest BCUT2D eigenvalue weighted by molar-refractivity contribution is 5.90. The molecule has 0 aliphatic heterocycles. The third-order valence-corrected chi connectivity index (χ3v) is 5.77. The molecule has 0 heterocycles. The quantitative estimate of drug-likeness (QED) is 0.484. The van der Waals surface area contributed by atoms with Crippen molar-refractivity contribution in [3.63, 3.8) is 0 Å². The molecule has 3 heteroatoms. The lowest BCUT2D eigenvalue weighted by atomic mass is 9.69. The summed E-state index contributed by atoms with van der Waals surface area (Å²) in [6.45, 7) is 5.19. The lowest BCUT2D eigenvalue weighted by Crippen LogP contribution is -2.25. The molecule has 0 saturated heterocycles. The van der Waals surface area contributed by atoms with Gasteiger partial charge in [-0.1, -0.05) is 57.6 Å². The topological polar surface area (TPSA) is 51.2 Å². The molecule has 26 heavy (non-hydrogen) atoms. The van der Waals surface area contributed by atoms with Crippen LogP contribution < -0.4 is 0 Å². The number of hydrogen-bond donors (Lipinski definition) is 0. The highest BCUT2D eigenvalue weighted by Crippen LogP contribution is 2.43. The Bertz CT molecular complexity index is 458. The Kier molecular flexibility index (Phi) is 11.1. The fourth-order valence-electron chi connectivity index (χ4n) is 3.81. The first-order chi connectivity index (χ1) is 12.5. The molecule has 0 amide bonds. The van der Waals surface area contributed by atoms with Gasteiger partial charge in [0.15, 0.2) is 5.78 Å². The molecule has 1 atom stereocenters. The summed E-state index contributed by atoms with van der Waals surface area (Å²) in [5.41, 5.74) is 0.437. The summed E-state index contributed by atoms with van der Waals surface area (Å²) in [6, 6.07) is 0. The van der Waals surface area contributed by atoms with Gasteiger partial charge in [0.05, 0.1) is 0 Å². The highest BCUT2D eigenvalue weighted by Gasteiger charge is 2.31. The van der Waals surface area contributed by atoms with E-state index in [1.54, 1.807) is 13.0 Å². The van der Waals surface area contributed by atoms with Crippen LogP contribution in [-0.4, -0.2) is 18.4 Å². The number of rotatable bonds is 3. The SMILES string of the molecule is C=CC(C)C=O.O=C1C=CC2(CCCCC2)CC1.O=CC1CCCCC1. The molecule has 0 aromatic heterocycles. The fraction of sp³-hybridized carbons (Fsp3) is 0.696. The smallest absolute Gasteiger partial charge is 0.155 e. The first-order valence-electron chi connectivity index (χ1n) is 10.3. The van der Waals surface area contributed by atoms with E-state index in [0.29, 0.717) is 17.1 Å². The summed E-state index contributed by atoms with van der Waals surface area (Å²) < 4.78 is 0. The van der Waals surface area contributed by atoms with E-state index in [2.05, 4.69) is 12.7 Å². The summed E-state index contributed by atoms with van der Waals surface area (Å²) in [5.74, 6) is 0.750. The number of ketones is 1. The molecular formula is C23H36O3. The molecule has 146 valence electrons. The Hall–Kier alpha value is -1.51. The third-order valence-electron chi connectivity index (χ3n) is 5.77. The van der Waals surface area contributed by atoms with E-state index in [4.69, 9.17) is 0 Å². The minimum Gasteiger partial charge on any atom is -0.303 e. The van der Waals surface area contributed by atoms with Crippen LogP contribution in [0.2, 0.25) is 0 Å². The maximum Gasteiger partial charge on any atom is 0.155 e. The van der Waals surface area contributed by atoms with Gasteiger partial charge in [0.1, 0.15) is 12.6 Å². The number of carbonyl (C=O) groups is 3. The van der Waals surface area contributed by atoms with Crippen LogP contribution in [0.1, 0.15) is 84.0 Å². The molecular weight excluding hydrogens is 324 g/mol. The monoisotopic (exact) mass is 360 g/mol. The Labute approximate surface area is 159 Å². The predicted molar refractivity (Wildman–Crippen MR) is 107 cm³/mol. The predicted octanol–water partition coefficient (Wildman–Crippen LogP) is 5.63. The van der Waals surface area contributed by atoms with Crippen LogP contribution in [0, 0.1) is 17.3 Å². The second-order valence-corrected chi connectivity index (χ2v) is 7.99. The van der Waals surface area contributed by atoms with Crippen LogP contribution in [0.5, 0.6) is 0 Å². The molecule has 3 aliphatic carbocycles. The van der Waals surface area contributed by atoms with Gasteiger partial charge in [-0.05, 0) is 43.6 Å². The first kappa shape index (κ1) is 22.5. The molecule has 3 nitrogen and oxygen atoms in total. The van der Waals surface area contributed by atoms with Crippen molar-refractivity contribution in [1.82, 2.24) is 0 Å². The number of aldehydes is 2. The third kappa shape index (κ3) is 8.73. The minimum atomic E-state index is 0.0185. The van der Waals surface area contributed by atoms with E-state index in [9.17, 15) is 14.4 Å². The van der Waals surface area contributed by atoms with Crippen molar-refractivity contribution in [2.24, 2.45) is 17.3 Å². The molecule has 0 aromatic carbocycles. The van der Waals surface area contributed by atoms with Crippen LogP contribution in [-0.2, 0) is 14.4 Å². The summed E-state index contributed by atoms with van der Waals surface area (Å²) in [7, 11) is 0. The van der Waals surface area contributed by atoms with E-state index >= 15 is 0 Å². The second kappa shape index (κ2) is 12.8. The van der Waals surface area contributed by atoms with Crippen molar-refractivity contribution >= 4 is 18.4 Å². The maximum atomic E-state index is 11.0. The lowest BCUT2D eigenvalue weighted by Gasteiger charge is -2.36. The molecule has 0 aromatic rings. The largest absolute Gasteiger partial charge is 0.303 e. The van der Waals surface area contributed by atoms with E-state index in [-0.39, 0.29) is 5.92 Å². The summed E-state index contributed by atoms with van der Waals surface area (Å²) in [4.78, 5) is 30.8. The van der Waals surface area contributed by atoms with Gasteiger partial charge < -0.3 is 9.59 Å². The van der Waals surface area contributed by atoms with Crippen molar-refractivity contribution < 1.29 is 14.4 Å². The summed E-state index contributed by atoms with van der Waals surface area (Å²) >= 11 is 0. The molecule has 3 aliphatic rings. The van der Waals surface area contributed by atoms with Crippen LogP contribution in [0.3, 0.4) is 0 Å². The van der Waals surface area contributed by atoms with Crippen LogP contribution >= 0.6 is 0 Å². The standard InChI is InChI=1S/C11H16O.C7H12O.C5H8O/c12-10-4-8-11(9-5-10)6-2-1-3-7-11;8-6-7-4-2-1-3-5-7;1-3-5(2)4-6/h4,8H,1-3,5-7,9H2;6-7H,1-5H2;3-5H,1H2,2H3. The average Bonchev–Trinajstić information content (AvgIpc) is 2.72. The highest BCUT2D eigenvalue weighted by atomic mass is 16.1. The van der Waals surface area contributed by atoms with Gasteiger partial charge in [-0.3, -0.25) is 4.79 Å². The Morgan fingerprint density at radius 1 is 1.04 bits per heavy atom. The normalized spacial score (nSPS) is 22.9. The summed E-state index contributed by atoms with van der Waals surface area (Å²) in [6.07, 6.45) is 22.4. The minimum absolute atomic E-state index is 0.0185. The van der Waals surface area contributed by atoms with Crippen LogP contribution in [0.4, 0.5) is 0 Å². The second-order valence-electron chi connectivity index (χ2n) is 7.99. The zero-order valence-electron chi connectivity index (χ0n) is 16.5. The molecule has 2 fully saturated rings. The number of allylic oxidation sites excluding steroid dienone is 3. The molecule has 0 radical (unpaired) electrons.